The maximum Gasteiger partial charge on any atom is 0.132 e. The van der Waals surface area contributed by atoms with E-state index in [0.29, 0.717) is 11.6 Å². The molecular formula is C17H14ClFN2. The molecule has 106 valence electrons. The van der Waals surface area contributed by atoms with Gasteiger partial charge in [-0.05, 0) is 30.5 Å². The Morgan fingerprint density at radius 1 is 1.14 bits per heavy atom. The van der Waals surface area contributed by atoms with Crippen molar-refractivity contribution in [1.29, 1.82) is 0 Å². The second kappa shape index (κ2) is 4.85. The fourth-order valence-corrected chi connectivity index (χ4v) is 3.06. The summed E-state index contributed by atoms with van der Waals surface area (Å²) in [6.07, 6.45) is 2.27. The van der Waals surface area contributed by atoms with E-state index in [1.165, 1.54) is 12.1 Å². The largest absolute Gasteiger partial charge is 0.323 e. The number of fused-ring (bicyclic) bond motifs is 1. The molecule has 1 aliphatic carbocycles. The van der Waals surface area contributed by atoms with E-state index in [1.54, 1.807) is 6.07 Å². The molecule has 2 aromatic carbocycles. The molecule has 4 heteroatoms. The van der Waals surface area contributed by atoms with Gasteiger partial charge in [-0.2, -0.15) is 0 Å². The highest BCUT2D eigenvalue weighted by Gasteiger charge is 2.31. The molecule has 21 heavy (non-hydrogen) atoms. The van der Waals surface area contributed by atoms with Gasteiger partial charge in [0.15, 0.2) is 0 Å². The van der Waals surface area contributed by atoms with Crippen molar-refractivity contribution in [1.82, 2.24) is 9.55 Å². The summed E-state index contributed by atoms with van der Waals surface area (Å²) in [6, 6.07) is 15.1. The van der Waals surface area contributed by atoms with Gasteiger partial charge in [-0.15, -0.1) is 11.6 Å². The predicted molar refractivity (Wildman–Crippen MR) is 82.1 cm³/mol. The van der Waals surface area contributed by atoms with Crippen LogP contribution in [-0.4, -0.2) is 9.55 Å². The zero-order chi connectivity index (χ0) is 14.4. The van der Waals surface area contributed by atoms with Crippen molar-refractivity contribution in [3.63, 3.8) is 0 Å². The molecule has 0 saturated heterocycles. The van der Waals surface area contributed by atoms with Gasteiger partial charge in [-0.3, -0.25) is 0 Å². The van der Waals surface area contributed by atoms with Crippen LogP contribution in [-0.2, 0) is 0 Å². The van der Waals surface area contributed by atoms with Gasteiger partial charge in [-0.1, -0.05) is 30.3 Å². The van der Waals surface area contributed by atoms with E-state index in [2.05, 4.69) is 9.55 Å². The Kier molecular flexibility index (Phi) is 2.96. The molecule has 1 atom stereocenters. The zero-order valence-electron chi connectivity index (χ0n) is 11.3. The van der Waals surface area contributed by atoms with Crippen LogP contribution < -0.4 is 0 Å². The molecule has 0 radical (unpaired) electrons. The Morgan fingerprint density at radius 2 is 1.90 bits per heavy atom. The lowest BCUT2D eigenvalue weighted by atomic mass is 10.1. The first-order valence-electron chi connectivity index (χ1n) is 7.10. The van der Waals surface area contributed by atoms with Crippen LogP contribution in [0.15, 0.2) is 48.5 Å². The van der Waals surface area contributed by atoms with Crippen molar-refractivity contribution in [2.24, 2.45) is 0 Å². The highest BCUT2D eigenvalue weighted by Crippen LogP contribution is 2.42. The number of alkyl halides is 1. The van der Waals surface area contributed by atoms with Crippen molar-refractivity contribution >= 4 is 22.6 Å². The summed E-state index contributed by atoms with van der Waals surface area (Å²) < 4.78 is 15.6. The molecule has 2 nitrogen and oxygen atoms in total. The number of hydrogen-bond donors (Lipinski definition) is 0. The quantitative estimate of drug-likeness (QED) is 0.633. The van der Waals surface area contributed by atoms with Crippen LogP contribution in [0.4, 0.5) is 4.39 Å². The maximum atomic E-state index is 13.4. The molecule has 3 aromatic rings. The SMILES string of the molecule is Fc1ccc2c(c1)nc(C(Cl)c1ccccc1)n2C1CC1. The van der Waals surface area contributed by atoms with Crippen LogP contribution in [0.3, 0.4) is 0 Å². The Labute approximate surface area is 127 Å². The molecule has 0 bridgehead atoms. The van der Waals surface area contributed by atoms with Crippen LogP contribution in [0.25, 0.3) is 11.0 Å². The van der Waals surface area contributed by atoms with Crippen molar-refractivity contribution < 1.29 is 4.39 Å². The Morgan fingerprint density at radius 3 is 2.62 bits per heavy atom. The number of nitrogens with zero attached hydrogens (tertiary/aromatic N) is 2. The highest BCUT2D eigenvalue weighted by atomic mass is 35.5. The molecule has 0 aliphatic heterocycles. The number of rotatable bonds is 3. The van der Waals surface area contributed by atoms with Crippen LogP contribution in [0.5, 0.6) is 0 Å². The van der Waals surface area contributed by atoms with E-state index >= 15 is 0 Å². The molecule has 1 aliphatic rings. The summed E-state index contributed by atoms with van der Waals surface area (Å²) in [5.41, 5.74) is 2.66. The zero-order valence-corrected chi connectivity index (χ0v) is 12.1. The molecule has 1 fully saturated rings. The van der Waals surface area contributed by atoms with Crippen LogP contribution in [0.2, 0.25) is 0 Å². The predicted octanol–water partition coefficient (Wildman–Crippen LogP) is 4.84. The minimum Gasteiger partial charge on any atom is -0.323 e. The van der Waals surface area contributed by atoms with Gasteiger partial charge in [-0.25, -0.2) is 9.37 Å². The summed E-state index contributed by atoms with van der Waals surface area (Å²) in [7, 11) is 0. The Balaban J connectivity index is 1.89. The second-order valence-electron chi connectivity index (χ2n) is 5.48. The summed E-state index contributed by atoms with van der Waals surface area (Å²) >= 11 is 6.64. The van der Waals surface area contributed by atoms with Crippen molar-refractivity contribution in [2.45, 2.75) is 24.3 Å². The van der Waals surface area contributed by atoms with E-state index in [0.717, 1.165) is 29.7 Å². The fourth-order valence-electron chi connectivity index (χ4n) is 2.76. The molecule has 0 spiro atoms. The minimum atomic E-state index is -0.317. The molecule has 1 saturated carbocycles. The van der Waals surface area contributed by atoms with E-state index in [4.69, 9.17) is 11.6 Å². The van der Waals surface area contributed by atoms with Crippen molar-refractivity contribution in [3.05, 3.63) is 65.7 Å². The lowest BCUT2D eigenvalue weighted by molar-refractivity contribution is 0.629. The van der Waals surface area contributed by atoms with E-state index in [-0.39, 0.29) is 11.2 Å². The van der Waals surface area contributed by atoms with Crippen LogP contribution >= 0.6 is 11.6 Å². The van der Waals surface area contributed by atoms with Gasteiger partial charge in [0.2, 0.25) is 0 Å². The Hall–Kier alpha value is -1.87. The highest BCUT2D eigenvalue weighted by molar-refractivity contribution is 6.22. The lowest BCUT2D eigenvalue weighted by Gasteiger charge is -2.13. The van der Waals surface area contributed by atoms with Crippen molar-refractivity contribution in [2.75, 3.05) is 0 Å². The van der Waals surface area contributed by atoms with Gasteiger partial charge in [0.05, 0.1) is 11.0 Å². The first-order valence-corrected chi connectivity index (χ1v) is 7.54. The smallest absolute Gasteiger partial charge is 0.132 e. The normalized spacial score (nSPS) is 16.3. The number of imidazole rings is 1. The summed E-state index contributed by atoms with van der Waals surface area (Å²) in [5, 5.41) is -0.317. The summed E-state index contributed by atoms with van der Waals surface area (Å²) in [5.74, 6) is 0.547. The van der Waals surface area contributed by atoms with Gasteiger partial charge in [0.25, 0.3) is 0 Å². The monoisotopic (exact) mass is 300 g/mol. The number of halogens is 2. The standard InChI is InChI=1S/C17H14ClFN2/c18-16(11-4-2-1-3-5-11)17-20-14-10-12(19)6-9-15(14)21(17)13-7-8-13/h1-6,9-10,13,16H,7-8H2. The molecular weight excluding hydrogens is 287 g/mol. The van der Waals surface area contributed by atoms with Gasteiger partial charge in [0, 0.05) is 12.1 Å². The summed E-state index contributed by atoms with van der Waals surface area (Å²) in [4.78, 5) is 4.60. The van der Waals surface area contributed by atoms with Gasteiger partial charge in [0.1, 0.15) is 17.0 Å². The molecule has 1 aromatic heterocycles. The fraction of sp³-hybridized carbons (Fsp3) is 0.235. The molecule has 1 heterocycles. The van der Waals surface area contributed by atoms with Gasteiger partial charge >= 0.3 is 0 Å². The van der Waals surface area contributed by atoms with Gasteiger partial charge < -0.3 is 4.57 Å². The topological polar surface area (TPSA) is 17.8 Å². The Bertz CT molecular complexity index is 793. The van der Waals surface area contributed by atoms with Crippen LogP contribution in [0, 0.1) is 5.82 Å². The summed E-state index contributed by atoms with van der Waals surface area (Å²) in [6.45, 7) is 0. The van der Waals surface area contributed by atoms with E-state index in [9.17, 15) is 4.39 Å². The number of aromatic nitrogens is 2. The minimum absolute atomic E-state index is 0.264. The lowest BCUT2D eigenvalue weighted by Crippen LogP contribution is -2.05. The van der Waals surface area contributed by atoms with E-state index < -0.39 is 0 Å². The molecule has 4 rings (SSSR count). The average Bonchev–Trinajstić information content (AvgIpc) is 3.28. The number of hydrogen-bond acceptors (Lipinski definition) is 1. The number of benzene rings is 2. The first kappa shape index (κ1) is 12.8. The molecule has 0 amide bonds. The third-order valence-electron chi connectivity index (χ3n) is 3.91. The first-order chi connectivity index (χ1) is 10.2. The van der Waals surface area contributed by atoms with Crippen molar-refractivity contribution in [3.8, 4) is 0 Å². The average molecular weight is 301 g/mol. The van der Waals surface area contributed by atoms with E-state index in [1.807, 2.05) is 30.3 Å². The molecule has 0 N–H and O–H groups in total. The second-order valence-corrected chi connectivity index (χ2v) is 5.91. The van der Waals surface area contributed by atoms with Crippen LogP contribution in [0.1, 0.15) is 35.6 Å². The molecule has 1 unspecified atom stereocenters. The third-order valence-corrected chi connectivity index (χ3v) is 4.36. The maximum absolute atomic E-state index is 13.4. The third kappa shape index (κ3) is 2.22.